The lowest BCUT2D eigenvalue weighted by Crippen LogP contribution is -2.46. The van der Waals surface area contributed by atoms with Gasteiger partial charge in [-0.15, -0.1) is 0 Å². The van der Waals surface area contributed by atoms with Gasteiger partial charge in [-0.05, 0) is 97.7 Å². The Balaban J connectivity index is 1.36. The number of aromatic nitrogens is 1. The zero-order valence-corrected chi connectivity index (χ0v) is 37.9. The number of hydrogen-bond donors (Lipinski definition) is 4. The second kappa shape index (κ2) is 21.6. The lowest BCUT2D eigenvalue weighted by molar-refractivity contribution is -0.142. The van der Waals surface area contributed by atoms with Crippen LogP contribution in [0.5, 0.6) is 11.5 Å². The zero-order chi connectivity index (χ0) is 46.8. The van der Waals surface area contributed by atoms with Crippen molar-refractivity contribution in [1.29, 1.82) is 5.26 Å². The Bertz CT molecular complexity index is 2440. The maximum absolute atomic E-state index is 14.8. The molecule has 1 aliphatic heterocycles. The fourth-order valence-corrected chi connectivity index (χ4v) is 8.51. The molecule has 1 saturated carbocycles. The molecule has 6 rings (SSSR count). The minimum Gasteiger partial charge on any atom is -0.492 e. The van der Waals surface area contributed by atoms with Crippen LogP contribution < -0.4 is 32.0 Å². The first kappa shape index (κ1) is 48.2. The van der Waals surface area contributed by atoms with E-state index in [0.717, 1.165) is 11.3 Å². The van der Waals surface area contributed by atoms with E-state index in [-0.39, 0.29) is 88.4 Å². The second-order valence-electron chi connectivity index (χ2n) is 17.5. The number of likely N-dealkylation sites (N-methyl/N-ethyl adjacent to an activating group) is 1. The average molecular weight is 884 g/mol. The number of amides is 2. The number of carbonyl (C=O) groups is 5. The molecule has 1 fully saturated rings. The Hall–Kier alpha value is -6.27. The second-order valence-corrected chi connectivity index (χ2v) is 17.5. The van der Waals surface area contributed by atoms with Crippen molar-refractivity contribution < 1.29 is 33.4 Å². The third-order valence-corrected chi connectivity index (χ3v) is 12.6. The normalized spacial score (nSPS) is 18.3. The van der Waals surface area contributed by atoms with Crippen LogP contribution in [0.25, 0.3) is 22.4 Å². The number of carbonyl (C=O) groups excluding carboxylic acids is 5. The van der Waals surface area contributed by atoms with Crippen molar-refractivity contribution in [3.8, 4) is 40.0 Å². The highest BCUT2D eigenvalue weighted by Gasteiger charge is 2.39. The first-order chi connectivity index (χ1) is 31.2. The molecule has 0 spiro atoms. The first-order valence-corrected chi connectivity index (χ1v) is 22.5. The molecule has 2 amide bonds. The lowest BCUT2D eigenvalue weighted by atomic mass is 9.88. The van der Waals surface area contributed by atoms with E-state index in [1.807, 2.05) is 18.2 Å². The molecule has 4 bridgehead atoms. The number of nitrogens with one attached hydrogen (secondary N) is 1. The molecule has 3 aromatic carbocycles. The van der Waals surface area contributed by atoms with Crippen molar-refractivity contribution in [2.75, 3.05) is 39.9 Å². The van der Waals surface area contributed by atoms with Crippen LogP contribution in [-0.2, 0) is 31.0 Å². The molecule has 4 atom stereocenters. The van der Waals surface area contributed by atoms with Gasteiger partial charge in [-0.3, -0.25) is 29.0 Å². The minimum absolute atomic E-state index is 0.0267. The maximum Gasteiger partial charge on any atom is 0.226 e. The van der Waals surface area contributed by atoms with Crippen molar-refractivity contribution in [3.63, 3.8) is 0 Å². The zero-order valence-electron chi connectivity index (χ0n) is 37.9. The molecule has 342 valence electrons. The number of rotatable bonds is 18. The Morgan fingerprint density at radius 2 is 1.57 bits per heavy atom. The number of pyridine rings is 1. The summed E-state index contributed by atoms with van der Waals surface area (Å²) in [4.78, 5) is 76.9. The van der Waals surface area contributed by atoms with Crippen molar-refractivity contribution in [2.45, 2.75) is 89.6 Å². The molecular formula is C51H61N7O7. The van der Waals surface area contributed by atoms with E-state index in [1.165, 1.54) is 30.4 Å². The van der Waals surface area contributed by atoms with Gasteiger partial charge in [-0.25, -0.2) is 0 Å². The van der Waals surface area contributed by atoms with E-state index in [9.17, 15) is 29.2 Å². The van der Waals surface area contributed by atoms with Crippen molar-refractivity contribution >= 4 is 29.2 Å². The van der Waals surface area contributed by atoms with Gasteiger partial charge in [0.15, 0.2) is 17.3 Å². The van der Waals surface area contributed by atoms with Gasteiger partial charge in [-0.2, -0.15) is 5.26 Å². The van der Waals surface area contributed by atoms with E-state index >= 15 is 0 Å². The van der Waals surface area contributed by atoms with Crippen LogP contribution in [0.15, 0.2) is 72.8 Å². The van der Waals surface area contributed by atoms with Gasteiger partial charge < -0.3 is 36.9 Å². The summed E-state index contributed by atoms with van der Waals surface area (Å²) in [5, 5.41) is 12.1. The molecule has 2 heterocycles. The van der Waals surface area contributed by atoms with Crippen LogP contribution in [0.3, 0.4) is 0 Å². The average Bonchev–Trinajstić information content (AvgIpc) is 4.06. The maximum atomic E-state index is 14.8. The molecular weight excluding hydrogens is 823 g/mol. The van der Waals surface area contributed by atoms with Gasteiger partial charge in [0.1, 0.15) is 30.8 Å². The number of hydrogen-bond acceptors (Lipinski definition) is 12. The van der Waals surface area contributed by atoms with Gasteiger partial charge in [0.25, 0.3) is 0 Å². The third kappa shape index (κ3) is 11.5. The molecule has 14 heteroatoms. The molecule has 0 saturated heterocycles. The Morgan fingerprint density at radius 1 is 0.908 bits per heavy atom. The SMILES string of the molecule is Cc1nc(-c2ccc(C3(C)CC3)cc2)ccc1C(=O)C[C@@H](CCN)C(=O)N(C)[C@@H]1C(=O)C[C@@H](C)C(=O)N[C@H](C(=O)CCC#N)Cc2ccc(OCCN)c(c2)-c2cc1ccc2OCCN. The van der Waals surface area contributed by atoms with E-state index < -0.39 is 41.5 Å². The van der Waals surface area contributed by atoms with Crippen LogP contribution in [0.2, 0.25) is 0 Å². The van der Waals surface area contributed by atoms with E-state index in [4.69, 9.17) is 31.7 Å². The van der Waals surface area contributed by atoms with E-state index in [1.54, 1.807) is 50.2 Å². The van der Waals surface area contributed by atoms with Gasteiger partial charge >= 0.3 is 0 Å². The number of Topliss-reactive ketones (excluding diaryl/α,β-unsaturated/α-hetero) is 3. The minimum atomic E-state index is -1.22. The molecule has 65 heavy (non-hydrogen) atoms. The third-order valence-electron chi connectivity index (χ3n) is 12.6. The number of nitrogens with two attached hydrogens (primary N) is 3. The molecule has 7 N–H and O–H groups in total. The van der Waals surface area contributed by atoms with Gasteiger partial charge in [0.2, 0.25) is 11.8 Å². The monoisotopic (exact) mass is 883 g/mol. The summed E-state index contributed by atoms with van der Waals surface area (Å²) in [5.41, 5.74) is 24.1. The van der Waals surface area contributed by atoms with Gasteiger partial charge in [0.05, 0.1) is 17.8 Å². The summed E-state index contributed by atoms with van der Waals surface area (Å²) in [5.74, 6) is -3.00. The van der Waals surface area contributed by atoms with E-state index in [0.29, 0.717) is 45.0 Å². The van der Waals surface area contributed by atoms with Crippen LogP contribution in [0.4, 0.5) is 0 Å². The summed E-state index contributed by atoms with van der Waals surface area (Å²) >= 11 is 0. The van der Waals surface area contributed by atoms with Crippen molar-refractivity contribution in [2.24, 2.45) is 29.0 Å². The molecule has 2 aliphatic rings. The van der Waals surface area contributed by atoms with Crippen molar-refractivity contribution in [1.82, 2.24) is 15.2 Å². The number of ether oxygens (including phenoxy) is 2. The predicted molar refractivity (Wildman–Crippen MR) is 248 cm³/mol. The summed E-state index contributed by atoms with van der Waals surface area (Å²) in [6.45, 7) is 6.52. The molecule has 1 aromatic heterocycles. The number of ketones is 3. The highest BCUT2D eigenvalue weighted by atomic mass is 16.5. The van der Waals surface area contributed by atoms with Crippen LogP contribution in [0, 0.1) is 30.1 Å². The molecule has 0 radical (unpaired) electrons. The standard InChI is InChI=1S/C51H61N7O7/c1-31-26-45(61)48(58(4)50(63)36(17-21-53)30-44(60)38-13-14-41(56-32(38)2)34-8-11-37(12-9-34)51(3)18-19-51)35-10-16-47(65-25-23-55)40(29-35)39-27-33(7-15-46(39)64-24-22-54)28-42(57-49(31)62)43(59)6-5-20-52/h7-16,27,29,31,36,42,48H,5-6,17-19,21-26,28,30,53-55H2,1-4H3,(H,57,62)/t31-,36-,42+,48+/m1/s1. The highest BCUT2D eigenvalue weighted by molar-refractivity contribution is 6.01. The quantitative estimate of drug-likeness (QED) is 0.0882. The summed E-state index contributed by atoms with van der Waals surface area (Å²) in [6, 6.07) is 22.3. The molecule has 1 aliphatic carbocycles. The van der Waals surface area contributed by atoms with Gasteiger partial charge in [0, 0.05) is 85.6 Å². The van der Waals surface area contributed by atoms with Crippen LogP contribution in [0.1, 0.15) is 97.6 Å². The van der Waals surface area contributed by atoms with E-state index in [2.05, 4.69) is 36.5 Å². The number of benzene rings is 3. The fraction of sp³-hybridized carbons (Fsp3) is 0.431. The van der Waals surface area contributed by atoms with Crippen LogP contribution in [-0.4, -0.2) is 85.0 Å². The summed E-state index contributed by atoms with van der Waals surface area (Å²) < 4.78 is 12.3. The smallest absolute Gasteiger partial charge is 0.226 e. The number of nitriles is 1. The summed E-state index contributed by atoms with van der Waals surface area (Å²) in [7, 11) is 1.52. The van der Waals surface area contributed by atoms with Gasteiger partial charge in [-0.1, -0.05) is 50.2 Å². The topological polar surface area (TPSA) is 234 Å². The lowest BCUT2D eigenvalue weighted by Gasteiger charge is -2.32. The fourth-order valence-electron chi connectivity index (χ4n) is 8.51. The Kier molecular flexibility index (Phi) is 16.0. The number of aryl methyl sites for hydroxylation is 1. The Morgan fingerprint density at radius 3 is 2.18 bits per heavy atom. The van der Waals surface area contributed by atoms with Crippen LogP contribution >= 0.6 is 0 Å². The largest absolute Gasteiger partial charge is 0.492 e. The molecule has 14 nitrogen and oxygen atoms in total. The molecule has 4 aromatic rings. The van der Waals surface area contributed by atoms with Crippen molar-refractivity contribution in [3.05, 3.63) is 101 Å². The molecule has 0 unspecified atom stereocenters. The number of fused-ring (bicyclic) bond motifs is 5. The predicted octanol–water partition coefficient (Wildman–Crippen LogP) is 5.70. The summed E-state index contributed by atoms with van der Waals surface area (Å²) in [6.07, 6.45) is 2.06. The first-order valence-electron chi connectivity index (χ1n) is 22.5. The highest BCUT2D eigenvalue weighted by Crippen LogP contribution is 2.48. The Labute approximate surface area is 381 Å². The number of nitrogens with zero attached hydrogens (tertiary/aromatic N) is 3.